The van der Waals surface area contributed by atoms with Gasteiger partial charge in [-0.1, -0.05) is 20.3 Å². The number of unbranched alkanes of at least 4 members (excludes halogenated alkanes) is 1. The van der Waals surface area contributed by atoms with Gasteiger partial charge in [0.05, 0.1) is 10.8 Å². The molecule has 0 spiro atoms. The van der Waals surface area contributed by atoms with Gasteiger partial charge in [-0.05, 0) is 82.3 Å². The summed E-state index contributed by atoms with van der Waals surface area (Å²) in [7, 11) is 0. The van der Waals surface area contributed by atoms with Gasteiger partial charge in [0.1, 0.15) is 0 Å². The fourth-order valence-corrected chi connectivity index (χ4v) is 3.21. The quantitative estimate of drug-likeness (QED) is 0.524. The minimum atomic E-state index is 0. The Bertz CT molecular complexity index is 443. The van der Waals surface area contributed by atoms with Crippen LogP contribution in [0.2, 0.25) is 0 Å². The molecule has 0 bridgehead atoms. The van der Waals surface area contributed by atoms with Crippen molar-refractivity contribution >= 4 is 17.1 Å². The van der Waals surface area contributed by atoms with Crippen molar-refractivity contribution in [3.05, 3.63) is 85.1 Å². The number of aryl methyl sites for hydroxylation is 1. The third-order valence-electron chi connectivity index (χ3n) is 3.50. The molecule has 2 aliphatic carbocycles. The molecule has 2 fully saturated rings. The first kappa shape index (κ1) is 20.9. The molecule has 0 amide bonds. The summed E-state index contributed by atoms with van der Waals surface area (Å²) in [5.74, 6) is 2.08. The average molecular weight is 366 g/mol. The monoisotopic (exact) mass is 366 g/mol. The Hall–Kier alpha value is -0.111. The van der Waals surface area contributed by atoms with Crippen molar-refractivity contribution < 1.29 is 21.9 Å². The first-order chi connectivity index (χ1) is 10.7. The van der Waals surface area contributed by atoms with E-state index in [0.717, 1.165) is 23.1 Å². The van der Waals surface area contributed by atoms with Crippen molar-refractivity contribution in [1.82, 2.24) is 0 Å². The van der Waals surface area contributed by atoms with E-state index in [-0.39, 0.29) is 22.9 Å². The van der Waals surface area contributed by atoms with Gasteiger partial charge in [0.2, 0.25) is 0 Å². The predicted molar refractivity (Wildman–Crippen MR) is 93.8 cm³/mol. The van der Waals surface area contributed by atoms with Crippen LogP contribution in [0.4, 0.5) is 0 Å². The molecular formula is C20H22FeOS+2. The van der Waals surface area contributed by atoms with Gasteiger partial charge in [-0.2, -0.15) is 0 Å². The van der Waals surface area contributed by atoms with Gasteiger partial charge in [-0.25, -0.2) is 0 Å². The molecule has 1 heterocycles. The average Bonchev–Trinajstić information content (AvgIpc) is 3.27. The first-order valence-electron chi connectivity index (χ1n) is 7.74. The molecular weight excluding hydrogens is 344 g/mol. The van der Waals surface area contributed by atoms with Crippen LogP contribution in [-0.4, -0.2) is 5.78 Å². The molecule has 0 N–H and O–H groups in total. The molecule has 1 nitrogen and oxygen atoms in total. The van der Waals surface area contributed by atoms with E-state index in [9.17, 15) is 4.79 Å². The van der Waals surface area contributed by atoms with Crippen LogP contribution in [0.3, 0.4) is 0 Å². The SMILES string of the molecule is CCCCc1ccc(C(=O)[C]2[CH][CH][CH][C]2C)s1.[CH]1[CH][CH][CH][CH]1.[Fe+2]. The van der Waals surface area contributed by atoms with E-state index >= 15 is 0 Å². The Balaban J connectivity index is 0.000000377. The van der Waals surface area contributed by atoms with Crippen molar-refractivity contribution in [1.29, 1.82) is 0 Å². The van der Waals surface area contributed by atoms with Crippen LogP contribution in [0.15, 0.2) is 12.1 Å². The van der Waals surface area contributed by atoms with Gasteiger partial charge in [0.25, 0.3) is 0 Å². The number of thiophene rings is 1. The fraction of sp³-hybridized carbons (Fsp3) is 0.250. The van der Waals surface area contributed by atoms with Crippen molar-refractivity contribution in [2.45, 2.75) is 33.1 Å². The Kier molecular flexibility index (Phi) is 10.4. The number of carbonyl (C=O) groups excluding carboxylic acids is 1. The zero-order valence-corrected chi connectivity index (χ0v) is 15.5. The van der Waals surface area contributed by atoms with Gasteiger partial charge >= 0.3 is 17.1 Å². The molecule has 0 aromatic carbocycles. The van der Waals surface area contributed by atoms with Gasteiger partial charge in [0.15, 0.2) is 5.78 Å². The molecule has 0 unspecified atom stereocenters. The predicted octanol–water partition coefficient (Wildman–Crippen LogP) is 5.09. The zero-order chi connectivity index (χ0) is 15.8. The number of hydrogen-bond acceptors (Lipinski definition) is 2. The second kappa shape index (κ2) is 11.4. The Morgan fingerprint density at radius 2 is 1.65 bits per heavy atom. The summed E-state index contributed by atoms with van der Waals surface area (Å²) in [5, 5.41) is 0. The molecule has 0 saturated heterocycles. The molecule has 120 valence electrons. The van der Waals surface area contributed by atoms with Crippen LogP contribution < -0.4 is 0 Å². The van der Waals surface area contributed by atoms with E-state index in [1.807, 2.05) is 64.4 Å². The Labute approximate surface area is 157 Å². The Morgan fingerprint density at radius 3 is 2.17 bits per heavy atom. The van der Waals surface area contributed by atoms with Gasteiger partial charge < -0.3 is 0 Å². The molecule has 3 rings (SSSR count). The molecule has 10 radical (unpaired) electrons. The van der Waals surface area contributed by atoms with Crippen molar-refractivity contribution in [3.63, 3.8) is 0 Å². The summed E-state index contributed by atoms with van der Waals surface area (Å²) < 4.78 is 0. The zero-order valence-electron chi connectivity index (χ0n) is 13.6. The summed E-state index contributed by atoms with van der Waals surface area (Å²) in [5.41, 5.74) is 0. The van der Waals surface area contributed by atoms with Crippen LogP contribution in [0.25, 0.3) is 0 Å². The van der Waals surface area contributed by atoms with Gasteiger partial charge in [-0.15, -0.1) is 11.3 Å². The molecule has 1 aromatic rings. The van der Waals surface area contributed by atoms with E-state index in [4.69, 9.17) is 0 Å². The normalized spacial score (nSPS) is 18.3. The summed E-state index contributed by atoms with van der Waals surface area (Å²) >= 11 is 1.64. The van der Waals surface area contributed by atoms with E-state index in [0.29, 0.717) is 0 Å². The molecule has 0 atom stereocenters. The Morgan fingerprint density at radius 1 is 1.00 bits per heavy atom. The summed E-state index contributed by atoms with van der Waals surface area (Å²) in [6.45, 7) is 4.17. The first-order valence-corrected chi connectivity index (χ1v) is 8.56. The number of rotatable bonds is 5. The van der Waals surface area contributed by atoms with E-state index in [1.54, 1.807) is 11.3 Å². The van der Waals surface area contributed by atoms with Crippen LogP contribution in [0, 0.1) is 63.2 Å². The standard InChI is InChI=1S/C15H17OS.C5H5.Fe/c1-3-4-7-12-9-10-14(17-12)15(16)13-8-5-6-11(13)2;1-2-4-5-3-1;/h5-6,8-10H,3-4,7H2,1-2H3;1-5H;/q;;+2. The number of carbonyl (C=O) groups is 1. The summed E-state index contributed by atoms with van der Waals surface area (Å²) in [6, 6.07) is 4.05. The minimum absolute atomic E-state index is 0. The second-order valence-corrected chi connectivity index (χ2v) is 6.45. The molecule has 3 heteroatoms. The third kappa shape index (κ3) is 6.72. The van der Waals surface area contributed by atoms with Gasteiger partial charge in [-0.3, -0.25) is 4.79 Å². The molecule has 1 aromatic heterocycles. The third-order valence-corrected chi connectivity index (χ3v) is 4.64. The maximum absolute atomic E-state index is 12.2. The van der Waals surface area contributed by atoms with E-state index in [2.05, 4.69) is 13.0 Å². The maximum Gasteiger partial charge on any atom is 2.00 e. The van der Waals surface area contributed by atoms with Crippen molar-refractivity contribution in [2.75, 3.05) is 0 Å². The van der Waals surface area contributed by atoms with Gasteiger partial charge in [0, 0.05) is 4.88 Å². The molecule has 0 aliphatic heterocycles. The topological polar surface area (TPSA) is 17.1 Å². The smallest absolute Gasteiger partial charge is 0.293 e. The summed E-state index contributed by atoms with van der Waals surface area (Å²) in [6.07, 6.45) is 19.3. The second-order valence-electron chi connectivity index (χ2n) is 5.28. The molecule has 2 saturated carbocycles. The number of ketones is 1. The molecule has 2 aliphatic rings. The van der Waals surface area contributed by atoms with Crippen LogP contribution in [0.5, 0.6) is 0 Å². The number of Topliss-reactive ketones (excluding diaryl/α,β-unsaturated/α-hetero) is 1. The van der Waals surface area contributed by atoms with Crippen molar-refractivity contribution in [2.24, 2.45) is 0 Å². The van der Waals surface area contributed by atoms with E-state index < -0.39 is 0 Å². The maximum atomic E-state index is 12.2. The largest absolute Gasteiger partial charge is 2.00 e. The van der Waals surface area contributed by atoms with Crippen molar-refractivity contribution in [3.8, 4) is 0 Å². The minimum Gasteiger partial charge on any atom is -0.293 e. The number of hydrogen-bond donors (Lipinski definition) is 0. The van der Waals surface area contributed by atoms with Crippen LogP contribution in [0.1, 0.15) is 41.2 Å². The van der Waals surface area contributed by atoms with E-state index in [1.165, 1.54) is 17.7 Å². The molecule has 23 heavy (non-hydrogen) atoms. The fourth-order valence-electron chi connectivity index (χ4n) is 2.20. The van der Waals surface area contributed by atoms with Crippen LogP contribution >= 0.6 is 11.3 Å². The van der Waals surface area contributed by atoms with Crippen LogP contribution in [-0.2, 0) is 23.5 Å². The summed E-state index contributed by atoms with van der Waals surface area (Å²) in [4.78, 5) is 14.4.